The number of carbonyl (C=O) groups excluding carboxylic acids is 1. The molecule has 0 bridgehead atoms. The van der Waals surface area contributed by atoms with E-state index in [1.54, 1.807) is 16.2 Å². The van der Waals surface area contributed by atoms with Crippen LogP contribution in [-0.4, -0.2) is 35.9 Å². The smallest absolute Gasteiger partial charge is 0.222 e. The maximum atomic E-state index is 12.3. The van der Waals surface area contributed by atoms with Crippen molar-refractivity contribution in [2.75, 3.05) is 20.1 Å². The van der Waals surface area contributed by atoms with Gasteiger partial charge in [-0.25, -0.2) is 4.98 Å². The Hall–Kier alpha value is -0.360. The normalized spacial score (nSPS) is 18.8. The number of hydrogen-bond acceptors (Lipinski definition) is 4. The van der Waals surface area contributed by atoms with Crippen molar-refractivity contribution in [1.82, 2.24) is 15.2 Å². The van der Waals surface area contributed by atoms with Crippen LogP contribution in [0, 0.1) is 18.8 Å². The van der Waals surface area contributed by atoms with E-state index in [2.05, 4.69) is 17.2 Å². The van der Waals surface area contributed by atoms with E-state index in [-0.39, 0.29) is 30.7 Å². The molecule has 4 nitrogen and oxygen atoms in total. The highest BCUT2D eigenvalue weighted by atomic mass is 35.5. The van der Waals surface area contributed by atoms with Gasteiger partial charge in [0.05, 0.1) is 17.2 Å². The molecular formula is C15H27Cl2N3OS. The number of rotatable bonds is 5. The molecule has 1 amide bonds. The zero-order chi connectivity index (χ0) is 14.5. The second-order valence-electron chi connectivity index (χ2n) is 5.90. The first-order valence-corrected chi connectivity index (χ1v) is 8.30. The van der Waals surface area contributed by atoms with Crippen LogP contribution in [0.4, 0.5) is 0 Å². The van der Waals surface area contributed by atoms with Crippen LogP contribution in [0.2, 0.25) is 0 Å². The fraction of sp³-hybridized carbons (Fsp3) is 0.733. The van der Waals surface area contributed by atoms with Gasteiger partial charge in [-0.05, 0) is 44.7 Å². The molecule has 0 spiro atoms. The number of carbonyl (C=O) groups is 1. The lowest BCUT2D eigenvalue weighted by Crippen LogP contribution is -2.36. The van der Waals surface area contributed by atoms with Crippen molar-refractivity contribution in [1.29, 1.82) is 0 Å². The second kappa shape index (κ2) is 10.4. The fourth-order valence-corrected chi connectivity index (χ4v) is 3.38. The molecule has 128 valence electrons. The summed E-state index contributed by atoms with van der Waals surface area (Å²) in [6.45, 7) is 7.01. The molecule has 2 unspecified atom stereocenters. The molecule has 1 aliphatic rings. The van der Waals surface area contributed by atoms with Gasteiger partial charge in [-0.2, -0.15) is 0 Å². The molecule has 1 saturated heterocycles. The largest absolute Gasteiger partial charge is 0.340 e. The molecule has 1 fully saturated rings. The van der Waals surface area contributed by atoms with Gasteiger partial charge in [0.15, 0.2) is 0 Å². The van der Waals surface area contributed by atoms with Crippen molar-refractivity contribution in [2.45, 2.75) is 39.7 Å². The molecule has 1 aromatic rings. The minimum Gasteiger partial charge on any atom is -0.340 e. The van der Waals surface area contributed by atoms with Crippen LogP contribution in [-0.2, 0) is 11.3 Å². The lowest BCUT2D eigenvalue weighted by Gasteiger charge is -2.29. The molecule has 0 aromatic carbocycles. The van der Waals surface area contributed by atoms with Crippen LogP contribution >= 0.6 is 36.2 Å². The Morgan fingerprint density at radius 2 is 2.27 bits per heavy atom. The molecule has 0 saturated carbocycles. The predicted molar refractivity (Wildman–Crippen MR) is 97.2 cm³/mol. The topological polar surface area (TPSA) is 45.2 Å². The number of aryl methyl sites for hydroxylation is 1. The van der Waals surface area contributed by atoms with Crippen molar-refractivity contribution < 1.29 is 4.79 Å². The first-order valence-electron chi connectivity index (χ1n) is 7.42. The second-order valence-corrected chi connectivity index (χ2v) is 6.96. The molecule has 22 heavy (non-hydrogen) atoms. The van der Waals surface area contributed by atoms with Gasteiger partial charge in [-0.1, -0.05) is 6.92 Å². The van der Waals surface area contributed by atoms with Crippen LogP contribution in [0.5, 0.6) is 0 Å². The van der Waals surface area contributed by atoms with Gasteiger partial charge in [-0.3, -0.25) is 4.79 Å². The predicted octanol–water partition coefficient (Wildman–Crippen LogP) is 3.28. The number of hydrogen-bond donors (Lipinski definition) is 1. The molecule has 1 aromatic heterocycles. The van der Waals surface area contributed by atoms with E-state index in [4.69, 9.17) is 0 Å². The Morgan fingerprint density at radius 3 is 2.82 bits per heavy atom. The molecule has 2 rings (SSSR count). The zero-order valence-electron chi connectivity index (χ0n) is 13.5. The Bertz CT molecular complexity index is 450. The minimum atomic E-state index is 0. The SMILES string of the molecule is Cc1nc(CN(C)C(=O)CC(C)C2CCCNC2)cs1.Cl.Cl. The van der Waals surface area contributed by atoms with E-state index >= 15 is 0 Å². The van der Waals surface area contributed by atoms with E-state index in [0.29, 0.717) is 24.8 Å². The fourth-order valence-electron chi connectivity index (χ4n) is 2.77. The molecule has 1 N–H and O–H groups in total. The van der Waals surface area contributed by atoms with E-state index in [9.17, 15) is 4.79 Å². The van der Waals surface area contributed by atoms with Crippen LogP contribution in [0.25, 0.3) is 0 Å². The van der Waals surface area contributed by atoms with Crippen LogP contribution in [0.15, 0.2) is 5.38 Å². The number of aromatic nitrogens is 1. The number of piperidine rings is 1. The Labute approximate surface area is 149 Å². The molecule has 0 radical (unpaired) electrons. The first kappa shape index (κ1) is 21.6. The molecule has 1 aliphatic heterocycles. The van der Waals surface area contributed by atoms with Gasteiger partial charge in [0, 0.05) is 18.8 Å². The molecular weight excluding hydrogens is 341 g/mol. The highest BCUT2D eigenvalue weighted by molar-refractivity contribution is 7.09. The van der Waals surface area contributed by atoms with Crippen LogP contribution in [0.3, 0.4) is 0 Å². The maximum Gasteiger partial charge on any atom is 0.222 e. The van der Waals surface area contributed by atoms with Crippen LogP contribution < -0.4 is 5.32 Å². The number of amides is 1. The number of halogens is 2. The summed E-state index contributed by atoms with van der Waals surface area (Å²) in [6, 6.07) is 0. The third-order valence-electron chi connectivity index (χ3n) is 4.13. The van der Waals surface area contributed by atoms with Crippen molar-refractivity contribution in [3.05, 3.63) is 16.1 Å². The summed E-state index contributed by atoms with van der Waals surface area (Å²) in [7, 11) is 1.88. The number of nitrogens with one attached hydrogen (secondary N) is 1. The Balaban J connectivity index is 0.00000220. The van der Waals surface area contributed by atoms with Crippen molar-refractivity contribution in [3.8, 4) is 0 Å². The van der Waals surface area contributed by atoms with Gasteiger partial charge >= 0.3 is 0 Å². The van der Waals surface area contributed by atoms with Crippen molar-refractivity contribution >= 4 is 42.1 Å². The summed E-state index contributed by atoms with van der Waals surface area (Å²) in [5.74, 6) is 1.33. The average Bonchev–Trinajstić information content (AvgIpc) is 2.85. The van der Waals surface area contributed by atoms with Gasteiger partial charge in [0.2, 0.25) is 5.91 Å². The summed E-state index contributed by atoms with van der Waals surface area (Å²) < 4.78 is 0. The molecule has 0 aliphatic carbocycles. The van der Waals surface area contributed by atoms with Gasteiger partial charge in [0.25, 0.3) is 0 Å². The quantitative estimate of drug-likeness (QED) is 0.868. The highest BCUT2D eigenvalue weighted by Gasteiger charge is 2.23. The van der Waals surface area contributed by atoms with E-state index in [1.165, 1.54) is 12.8 Å². The lowest BCUT2D eigenvalue weighted by molar-refractivity contribution is -0.131. The lowest BCUT2D eigenvalue weighted by atomic mass is 9.85. The Kier molecular flexibility index (Phi) is 10.3. The summed E-state index contributed by atoms with van der Waals surface area (Å²) >= 11 is 1.64. The average molecular weight is 368 g/mol. The van der Waals surface area contributed by atoms with Crippen molar-refractivity contribution in [3.63, 3.8) is 0 Å². The first-order chi connectivity index (χ1) is 9.56. The van der Waals surface area contributed by atoms with Crippen LogP contribution in [0.1, 0.15) is 36.9 Å². The summed E-state index contributed by atoms with van der Waals surface area (Å²) in [6.07, 6.45) is 3.12. The number of nitrogens with zero attached hydrogens (tertiary/aromatic N) is 2. The Morgan fingerprint density at radius 1 is 1.55 bits per heavy atom. The third kappa shape index (κ3) is 6.41. The summed E-state index contributed by atoms with van der Waals surface area (Å²) in [5, 5.41) is 6.52. The maximum absolute atomic E-state index is 12.3. The third-order valence-corrected chi connectivity index (χ3v) is 4.95. The minimum absolute atomic E-state index is 0. The van der Waals surface area contributed by atoms with Crippen molar-refractivity contribution in [2.24, 2.45) is 11.8 Å². The molecule has 2 atom stereocenters. The number of thiazole rings is 1. The molecule has 2 heterocycles. The monoisotopic (exact) mass is 367 g/mol. The summed E-state index contributed by atoms with van der Waals surface area (Å²) in [5.41, 5.74) is 0.996. The summed E-state index contributed by atoms with van der Waals surface area (Å²) in [4.78, 5) is 18.5. The van der Waals surface area contributed by atoms with E-state index < -0.39 is 0 Å². The van der Waals surface area contributed by atoms with E-state index in [0.717, 1.165) is 23.8 Å². The standard InChI is InChI=1S/C15H25N3OS.2ClH/c1-11(13-5-4-6-16-8-13)7-15(19)18(3)9-14-10-20-12(2)17-14;;/h10-11,13,16H,4-9H2,1-3H3;2*1H. The van der Waals surface area contributed by atoms with Gasteiger partial charge in [-0.15, -0.1) is 36.2 Å². The zero-order valence-corrected chi connectivity index (χ0v) is 16.0. The van der Waals surface area contributed by atoms with Gasteiger partial charge in [0.1, 0.15) is 0 Å². The highest BCUT2D eigenvalue weighted by Crippen LogP contribution is 2.23. The van der Waals surface area contributed by atoms with Gasteiger partial charge < -0.3 is 10.2 Å². The van der Waals surface area contributed by atoms with E-state index in [1.807, 2.05) is 19.4 Å². The molecule has 7 heteroatoms.